The Labute approximate surface area is 122 Å². The summed E-state index contributed by atoms with van der Waals surface area (Å²) >= 11 is 1.66. The molecule has 2 amide bonds. The molecule has 0 aromatic heterocycles. The summed E-state index contributed by atoms with van der Waals surface area (Å²) < 4.78 is 0. The first-order valence-corrected chi connectivity index (χ1v) is 7.69. The maximum atomic E-state index is 11.7. The van der Waals surface area contributed by atoms with Gasteiger partial charge in [0.05, 0.1) is 6.21 Å². The fourth-order valence-corrected chi connectivity index (χ4v) is 2.38. The predicted molar refractivity (Wildman–Crippen MR) is 79.8 cm³/mol. The molecule has 0 spiro atoms. The number of hydrogen-bond donors (Lipinski definition) is 1. The number of likely N-dealkylation sites (tertiary alicyclic amines) is 1. The number of thioether (sulfide) groups is 1. The maximum absolute atomic E-state index is 11.7. The normalized spacial score (nSPS) is 14.8. The van der Waals surface area contributed by atoms with E-state index in [2.05, 4.69) is 10.5 Å². The molecule has 0 aliphatic carbocycles. The first-order chi connectivity index (χ1) is 9.70. The summed E-state index contributed by atoms with van der Waals surface area (Å²) in [7, 11) is 0. The highest BCUT2D eigenvalue weighted by Gasteiger charge is 2.23. The number of nitrogens with zero attached hydrogens (tertiary/aromatic N) is 2. The SMILES string of the molecule is CSc1ccc(C=NNC(=O)C(=O)N2CCCC2)cc1. The van der Waals surface area contributed by atoms with Crippen molar-refractivity contribution in [2.75, 3.05) is 19.3 Å². The predicted octanol–water partition coefficient (Wildman–Crippen LogP) is 1.48. The number of benzene rings is 1. The Hall–Kier alpha value is -1.82. The summed E-state index contributed by atoms with van der Waals surface area (Å²) in [5.74, 6) is -1.18. The van der Waals surface area contributed by atoms with E-state index in [0.29, 0.717) is 13.1 Å². The van der Waals surface area contributed by atoms with Crippen LogP contribution >= 0.6 is 11.8 Å². The summed E-state index contributed by atoms with van der Waals surface area (Å²) in [5, 5.41) is 3.81. The zero-order valence-corrected chi connectivity index (χ0v) is 12.2. The molecule has 106 valence electrons. The molecule has 2 rings (SSSR count). The quantitative estimate of drug-likeness (QED) is 0.397. The molecule has 0 atom stereocenters. The highest BCUT2D eigenvalue weighted by molar-refractivity contribution is 7.98. The van der Waals surface area contributed by atoms with E-state index in [4.69, 9.17) is 0 Å². The molecule has 1 fully saturated rings. The van der Waals surface area contributed by atoms with Crippen LogP contribution in [0.25, 0.3) is 0 Å². The minimum Gasteiger partial charge on any atom is -0.334 e. The van der Waals surface area contributed by atoms with Crippen molar-refractivity contribution in [2.24, 2.45) is 5.10 Å². The number of hydrazone groups is 1. The van der Waals surface area contributed by atoms with Crippen LogP contribution in [0, 0.1) is 0 Å². The van der Waals surface area contributed by atoms with E-state index in [1.807, 2.05) is 30.5 Å². The van der Waals surface area contributed by atoms with Crippen LogP contribution in [0.15, 0.2) is 34.3 Å². The van der Waals surface area contributed by atoms with Gasteiger partial charge in [-0.15, -0.1) is 11.8 Å². The zero-order valence-electron chi connectivity index (χ0n) is 11.3. The molecule has 1 aliphatic rings. The van der Waals surface area contributed by atoms with E-state index < -0.39 is 11.8 Å². The second-order valence-corrected chi connectivity index (χ2v) is 5.35. The fourth-order valence-electron chi connectivity index (χ4n) is 1.97. The number of hydrogen-bond acceptors (Lipinski definition) is 4. The molecule has 1 N–H and O–H groups in total. The van der Waals surface area contributed by atoms with Gasteiger partial charge < -0.3 is 4.90 Å². The van der Waals surface area contributed by atoms with Crippen molar-refractivity contribution in [3.8, 4) is 0 Å². The molecule has 5 nitrogen and oxygen atoms in total. The Morgan fingerprint density at radius 1 is 1.25 bits per heavy atom. The maximum Gasteiger partial charge on any atom is 0.329 e. The van der Waals surface area contributed by atoms with Gasteiger partial charge in [0.25, 0.3) is 0 Å². The average Bonchev–Trinajstić information content (AvgIpc) is 3.01. The molecule has 0 bridgehead atoms. The van der Waals surface area contributed by atoms with Crippen molar-refractivity contribution >= 4 is 29.8 Å². The highest BCUT2D eigenvalue weighted by atomic mass is 32.2. The van der Waals surface area contributed by atoms with Crippen LogP contribution in [0.1, 0.15) is 18.4 Å². The number of nitrogens with one attached hydrogen (secondary N) is 1. The summed E-state index contributed by atoms with van der Waals surface area (Å²) in [6.45, 7) is 1.32. The minimum absolute atomic E-state index is 0.502. The lowest BCUT2D eigenvalue weighted by atomic mass is 10.2. The smallest absolute Gasteiger partial charge is 0.329 e. The average molecular weight is 291 g/mol. The lowest BCUT2D eigenvalue weighted by Gasteiger charge is -2.12. The molecule has 1 saturated heterocycles. The summed E-state index contributed by atoms with van der Waals surface area (Å²) in [4.78, 5) is 26.0. The highest BCUT2D eigenvalue weighted by Crippen LogP contribution is 2.13. The third-order valence-corrected chi connectivity index (χ3v) is 3.83. The van der Waals surface area contributed by atoms with Crippen molar-refractivity contribution in [2.45, 2.75) is 17.7 Å². The van der Waals surface area contributed by atoms with E-state index in [9.17, 15) is 9.59 Å². The molecule has 20 heavy (non-hydrogen) atoms. The van der Waals surface area contributed by atoms with E-state index in [0.717, 1.165) is 23.3 Å². The molecular formula is C14H17N3O2S. The largest absolute Gasteiger partial charge is 0.334 e. The van der Waals surface area contributed by atoms with E-state index in [-0.39, 0.29) is 0 Å². The Bertz CT molecular complexity index is 508. The van der Waals surface area contributed by atoms with Crippen molar-refractivity contribution in [1.29, 1.82) is 0 Å². The van der Waals surface area contributed by atoms with Gasteiger partial charge in [0.15, 0.2) is 0 Å². The van der Waals surface area contributed by atoms with Crippen molar-refractivity contribution in [3.05, 3.63) is 29.8 Å². The number of carbonyl (C=O) groups is 2. The van der Waals surface area contributed by atoms with Gasteiger partial charge in [-0.25, -0.2) is 5.43 Å². The molecule has 1 aliphatic heterocycles. The van der Waals surface area contributed by atoms with Crippen molar-refractivity contribution in [3.63, 3.8) is 0 Å². The van der Waals surface area contributed by atoms with Crippen LogP contribution in [0.5, 0.6) is 0 Å². The number of carbonyl (C=O) groups excluding carboxylic acids is 2. The lowest BCUT2D eigenvalue weighted by molar-refractivity contribution is -0.145. The van der Waals surface area contributed by atoms with Crippen LogP contribution in [0.2, 0.25) is 0 Å². The van der Waals surface area contributed by atoms with Crippen LogP contribution in [0.4, 0.5) is 0 Å². The van der Waals surface area contributed by atoms with Gasteiger partial charge >= 0.3 is 11.8 Å². The van der Waals surface area contributed by atoms with E-state index in [1.54, 1.807) is 16.7 Å². The van der Waals surface area contributed by atoms with Crippen LogP contribution in [-0.4, -0.2) is 42.3 Å². The summed E-state index contributed by atoms with van der Waals surface area (Å²) in [6, 6.07) is 7.76. The van der Waals surface area contributed by atoms with Gasteiger partial charge in [0.1, 0.15) is 0 Å². The Balaban J connectivity index is 1.85. The second kappa shape index (κ2) is 7.09. The third-order valence-electron chi connectivity index (χ3n) is 3.08. The monoisotopic (exact) mass is 291 g/mol. The topological polar surface area (TPSA) is 61.8 Å². The summed E-state index contributed by atoms with van der Waals surface area (Å²) in [5.41, 5.74) is 3.14. The van der Waals surface area contributed by atoms with Gasteiger partial charge in [0, 0.05) is 18.0 Å². The Morgan fingerprint density at radius 2 is 1.90 bits per heavy atom. The van der Waals surface area contributed by atoms with Crippen LogP contribution in [-0.2, 0) is 9.59 Å². The first kappa shape index (κ1) is 14.6. The molecule has 1 aromatic carbocycles. The van der Waals surface area contributed by atoms with Crippen LogP contribution < -0.4 is 5.43 Å². The van der Waals surface area contributed by atoms with Crippen molar-refractivity contribution < 1.29 is 9.59 Å². The first-order valence-electron chi connectivity index (χ1n) is 6.47. The zero-order chi connectivity index (χ0) is 14.4. The molecule has 0 saturated carbocycles. The minimum atomic E-state index is -0.677. The lowest BCUT2D eigenvalue weighted by Crippen LogP contribution is -2.39. The van der Waals surface area contributed by atoms with Gasteiger partial charge in [-0.1, -0.05) is 12.1 Å². The fraction of sp³-hybridized carbons (Fsp3) is 0.357. The standard InChI is InChI=1S/C14H17N3O2S/c1-20-12-6-4-11(5-7-12)10-15-16-13(18)14(19)17-8-2-3-9-17/h4-7,10H,2-3,8-9H2,1H3,(H,16,18). The van der Waals surface area contributed by atoms with E-state index >= 15 is 0 Å². The second-order valence-electron chi connectivity index (χ2n) is 4.47. The number of amides is 2. The molecule has 1 aromatic rings. The third kappa shape index (κ3) is 3.84. The Kier molecular flexibility index (Phi) is 5.17. The van der Waals surface area contributed by atoms with Gasteiger partial charge in [0.2, 0.25) is 0 Å². The van der Waals surface area contributed by atoms with Gasteiger partial charge in [-0.2, -0.15) is 5.10 Å². The van der Waals surface area contributed by atoms with Crippen LogP contribution in [0.3, 0.4) is 0 Å². The molecule has 0 radical (unpaired) electrons. The Morgan fingerprint density at radius 3 is 2.50 bits per heavy atom. The van der Waals surface area contributed by atoms with Gasteiger partial charge in [-0.05, 0) is 36.8 Å². The van der Waals surface area contributed by atoms with Crippen molar-refractivity contribution in [1.82, 2.24) is 10.3 Å². The number of rotatable bonds is 3. The molecule has 0 unspecified atom stereocenters. The molecule has 6 heteroatoms. The van der Waals surface area contributed by atoms with Gasteiger partial charge in [-0.3, -0.25) is 9.59 Å². The molecular weight excluding hydrogens is 274 g/mol. The van der Waals surface area contributed by atoms with E-state index in [1.165, 1.54) is 6.21 Å². The molecule has 1 heterocycles. The summed E-state index contributed by atoms with van der Waals surface area (Å²) in [6.07, 6.45) is 5.46.